The summed E-state index contributed by atoms with van der Waals surface area (Å²) in [7, 11) is 0. The first-order chi connectivity index (χ1) is 10.0. The molecule has 0 aromatic heterocycles. The Kier molecular flexibility index (Phi) is 7.83. The van der Waals surface area contributed by atoms with E-state index in [1.165, 1.54) is 0 Å². The maximum absolute atomic E-state index is 12.1. The first kappa shape index (κ1) is 17.5. The molecule has 0 spiro atoms. The summed E-state index contributed by atoms with van der Waals surface area (Å²) in [6.07, 6.45) is 3.76. The number of amides is 1. The van der Waals surface area contributed by atoms with Gasteiger partial charge in [0.1, 0.15) is 5.75 Å². The van der Waals surface area contributed by atoms with E-state index in [4.69, 9.17) is 10.5 Å². The Hall–Kier alpha value is -1.55. The summed E-state index contributed by atoms with van der Waals surface area (Å²) >= 11 is 0. The van der Waals surface area contributed by atoms with Gasteiger partial charge in [0, 0.05) is 23.7 Å². The summed E-state index contributed by atoms with van der Waals surface area (Å²) in [5.41, 5.74) is 6.51. The van der Waals surface area contributed by atoms with Gasteiger partial charge in [0.05, 0.1) is 6.61 Å². The van der Waals surface area contributed by atoms with Gasteiger partial charge in [-0.1, -0.05) is 26.3 Å². The van der Waals surface area contributed by atoms with Gasteiger partial charge >= 0.3 is 0 Å². The molecule has 2 atom stereocenters. The van der Waals surface area contributed by atoms with E-state index in [2.05, 4.69) is 12.2 Å². The molecule has 2 unspecified atom stereocenters. The normalized spacial score (nSPS) is 13.5. The highest BCUT2D eigenvalue weighted by atomic mass is 16.5. The molecule has 3 N–H and O–H groups in total. The van der Waals surface area contributed by atoms with Crippen LogP contribution in [0.15, 0.2) is 24.3 Å². The second-order valence-corrected chi connectivity index (χ2v) is 5.67. The van der Waals surface area contributed by atoms with Crippen molar-refractivity contribution in [3.8, 4) is 5.75 Å². The Morgan fingerprint density at radius 2 is 2.10 bits per heavy atom. The molecule has 0 radical (unpaired) electrons. The average Bonchev–Trinajstić information content (AvgIpc) is 2.45. The number of hydrogen-bond donors (Lipinski definition) is 2. The smallest absolute Gasteiger partial charge is 0.227 e. The molecule has 0 heterocycles. The maximum Gasteiger partial charge on any atom is 0.227 e. The Bertz CT molecular complexity index is 433. The fourth-order valence-electron chi connectivity index (χ4n) is 2.03. The summed E-state index contributed by atoms with van der Waals surface area (Å²) < 4.78 is 5.56. The topological polar surface area (TPSA) is 64.3 Å². The SMILES string of the molecule is CCCOc1cccc(NC(=O)C(C)CCCC(C)N)c1. The number of carbonyl (C=O) groups excluding carboxylic acids is 1. The number of anilines is 1. The van der Waals surface area contributed by atoms with Crippen LogP contribution in [0.4, 0.5) is 5.69 Å². The van der Waals surface area contributed by atoms with E-state index < -0.39 is 0 Å². The van der Waals surface area contributed by atoms with Crippen LogP contribution in [0.3, 0.4) is 0 Å². The highest BCUT2D eigenvalue weighted by Gasteiger charge is 2.13. The molecule has 0 bridgehead atoms. The third-order valence-electron chi connectivity index (χ3n) is 3.32. The molecule has 21 heavy (non-hydrogen) atoms. The van der Waals surface area contributed by atoms with Crippen LogP contribution in [0.5, 0.6) is 5.75 Å². The maximum atomic E-state index is 12.1. The molecule has 118 valence electrons. The Balaban J connectivity index is 2.46. The van der Waals surface area contributed by atoms with Gasteiger partial charge in [-0.3, -0.25) is 4.79 Å². The molecule has 1 amide bonds. The first-order valence-electron chi connectivity index (χ1n) is 7.82. The molecule has 1 rings (SSSR count). The van der Waals surface area contributed by atoms with Gasteiger partial charge in [-0.2, -0.15) is 0 Å². The third kappa shape index (κ3) is 7.14. The van der Waals surface area contributed by atoms with E-state index >= 15 is 0 Å². The van der Waals surface area contributed by atoms with Gasteiger partial charge in [-0.05, 0) is 38.3 Å². The van der Waals surface area contributed by atoms with Gasteiger partial charge < -0.3 is 15.8 Å². The number of carbonyl (C=O) groups is 1. The summed E-state index contributed by atoms with van der Waals surface area (Å²) in [5, 5.41) is 2.95. The highest BCUT2D eigenvalue weighted by Crippen LogP contribution is 2.19. The van der Waals surface area contributed by atoms with Crippen LogP contribution >= 0.6 is 0 Å². The molecule has 0 aliphatic heterocycles. The van der Waals surface area contributed by atoms with E-state index in [9.17, 15) is 4.79 Å². The van der Waals surface area contributed by atoms with E-state index in [0.717, 1.165) is 37.1 Å². The van der Waals surface area contributed by atoms with Crippen molar-refractivity contribution in [1.29, 1.82) is 0 Å². The van der Waals surface area contributed by atoms with Crippen LogP contribution in [0.25, 0.3) is 0 Å². The fraction of sp³-hybridized carbons (Fsp3) is 0.588. The summed E-state index contributed by atoms with van der Waals surface area (Å²) in [6, 6.07) is 7.74. The van der Waals surface area contributed by atoms with Gasteiger partial charge in [-0.25, -0.2) is 0 Å². The molecule has 0 saturated heterocycles. The minimum atomic E-state index is -0.0102. The second kappa shape index (κ2) is 9.40. The average molecular weight is 292 g/mol. The van der Waals surface area contributed by atoms with E-state index in [1.807, 2.05) is 38.1 Å². The van der Waals surface area contributed by atoms with Crippen LogP contribution in [0.2, 0.25) is 0 Å². The predicted molar refractivity (Wildman–Crippen MR) is 87.5 cm³/mol. The molecular weight excluding hydrogens is 264 g/mol. The van der Waals surface area contributed by atoms with Crippen molar-refractivity contribution in [1.82, 2.24) is 0 Å². The monoisotopic (exact) mass is 292 g/mol. The zero-order chi connectivity index (χ0) is 15.7. The zero-order valence-corrected chi connectivity index (χ0v) is 13.4. The number of rotatable bonds is 9. The van der Waals surface area contributed by atoms with Crippen LogP contribution in [0, 0.1) is 5.92 Å². The van der Waals surface area contributed by atoms with Gasteiger partial charge in [-0.15, -0.1) is 0 Å². The summed E-state index contributed by atoms with van der Waals surface area (Å²) in [6.45, 7) is 6.70. The number of ether oxygens (including phenoxy) is 1. The highest BCUT2D eigenvalue weighted by molar-refractivity contribution is 5.92. The third-order valence-corrected chi connectivity index (χ3v) is 3.32. The molecule has 0 aliphatic carbocycles. The van der Waals surface area contributed by atoms with Gasteiger partial charge in [0.25, 0.3) is 0 Å². The lowest BCUT2D eigenvalue weighted by Crippen LogP contribution is -2.21. The Morgan fingerprint density at radius 1 is 1.33 bits per heavy atom. The zero-order valence-electron chi connectivity index (χ0n) is 13.4. The van der Waals surface area contributed by atoms with E-state index in [0.29, 0.717) is 6.61 Å². The molecule has 1 aromatic carbocycles. The number of benzene rings is 1. The molecule has 0 fully saturated rings. The van der Waals surface area contributed by atoms with Crippen molar-refractivity contribution in [3.63, 3.8) is 0 Å². The van der Waals surface area contributed by atoms with Gasteiger partial charge in [0.2, 0.25) is 5.91 Å². The Morgan fingerprint density at radius 3 is 2.76 bits per heavy atom. The van der Waals surface area contributed by atoms with Crippen molar-refractivity contribution < 1.29 is 9.53 Å². The van der Waals surface area contributed by atoms with Crippen LogP contribution in [-0.2, 0) is 4.79 Å². The summed E-state index contributed by atoms with van der Waals surface area (Å²) in [4.78, 5) is 12.1. The molecule has 0 saturated carbocycles. The van der Waals surface area contributed by atoms with E-state index in [-0.39, 0.29) is 17.9 Å². The largest absolute Gasteiger partial charge is 0.494 e. The predicted octanol–water partition coefficient (Wildman–Crippen LogP) is 3.57. The van der Waals surface area contributed by atoms with Crippen molar-refractivity contribution in [2.75, 3.05) is 11.9 Å². The molecule has 0 aliphatic rings. The van der Waals surface area contributed by atoms with Crippen LogP contribution < -0.4 is 15.8 Å². The minimum Gasteiger partial charge on any atom is -0.494 e. The fourth-order valence-corrected chi connectivity index (χ4v) is 2.03. The molecule has 4 heteroatoms. The van der Waals surface area contributed by atoms with Crippen molar-refractivity contribution in [2.24, 2.45) is 11.7 Å². The lowest BCUT2D eigenvalue weighted by atomic mass is 10.0. The lowest BCUT2D eigenvalue weighted by molar-refractivity contribution is -0.119. The molecule has 1 aromatic rings. The Labute approximate surface area is 128 Å². The number of nitrogens with one attached hydrogen (secondary N) is 1. The quantitative estimate of drug-likeness (QED) is 0.731. The standard InChI is InChI=1S/C17H28N2O2/c1-4-11-21-16-10-6-9-15(12-16)19-17(20)13(2)7-5-8-14(3)18/h6,9-10,12-14H,4-5,7-8,11,18H2,1-3H3,(H,19,20). The first-order valence-corrected chi connectivity index (χ1v) is 7.82. The van der Waals surface area contributed by atoms with Gasteiger partial charge in [0.15, 0.2) is 0 Å². The van der Waals surface area contributed by atoms with E-state index in [1.54, 1.807) is 0 Å². The van der Waals surface area contributed by atoms with Crippen LogP contribution in [-0.4, -0.2) is 18.6 Å². The number of hydrogen-bond acceptors (Lipinski definition) is 3. The minimum absolute atomic E-state index is 0.0102. The summed E-state index contributed by atoms with van der Waals surface area (Å²) in [5.74, 6) is 0.829. The van der Waals surface area contributed by atoms with Crippen molar-refractivity contribution >= 4 is 11.6 Å². The molecular formula is C17H28N2O2. The van der Waals surface area contributed by atoms with Crippen molar-refractivity contribution in [2.45, 2.75) is 52.5 Å². The number of nitrogens with two attached hydrogens (primary N) is 1. The second-order valence-electron chi connectivity index (χ2n) is 5.67. The molecule has 4 nitrogen and oxygen atoms in total. The van der Waals surface area contributed by atoms with Crippen molar-refractivity contribution in [3.05, 3.63) is 24.3 Å². The van der Waals surface area contributed by atoms with Crippen LogP contribution in [0.1, 0.15) is 46.5 Å². The lowest BCUT2D eigenvalue weighted by Gasteiger charge is -2.13.